The third kappa shape index (κ3) is 2.56. The number of halogens is 1. The van der Waals surface area contributed by atoms with Crippen LogP contribution in [-0.2, 0) is 0 Å². The molecule has 1 aromatic heterocycles. The smallest absolute Gasteiger partial charge is 0.279 e. The normalized spacial score (nSPS) is 11.8. The van der Waals surface area contributed by atoms with E-state index in [1.165, 1.54) is 16.8 Å². The Balaban J connectivity index is 2.20. The van der Waals surface area contributed by atoms with Crippen molar-refractivity contribution in [3.63, 3.8) is 0 Å². The van der Waals surface area contributed by atoms with Gasteiger partial charge in [0.05, 0.1) is 16.3 Å². The lowest BCUT2D eigenvalue weighted by Crippen LogP contribution is -2.33. The quantitative estimate of drug-likeness (QED) is 0.760. The number of para-hydroxylation sites is 1. The molecule has 4 heteroatoms. The van der Waals surface area contributed by atoms with Gasteiger partial charge >= 0.3 is 0 Å². The van der Waals surface area contributed by atoms with Gasteiger partial charge in [-0.05, 0) is 35.9 Å². The summed E-state index contributed by atoms with van der Waals surface area (Å²) in [5.74, 6) is -0.340. The van der Waals surface area contributed by atoms with Crippen molar-refractivity contribution in [1.82, 2.24) is 9.78 Å². The SMILES string of the molecule is C=c1[nH]n(-c2ccccc2)c(=O)/c1=C\c1cccc(F)c1. The van der Waals surface area contributed by atoms with Gasteiger partial charge < -0.3 is 0 Å². The summed E-state index contributed by atoms with van der Waals surface area (Å²) in [6.45, 7) is 3.84. The van der Waals surface area contributed by atoms with Gasteiger partial charge in [-0.1, -0.05) is 36.9 Å². The molecule has 0 radical (unpaired) electrons. The summed E-state index contributed by atoms with van der Waals surface area (Å²) in [6, 6.07) is 15.3. The van der Waals surface area contributed by atoms with E-state index in [0.29, 0.717) is 16.1 Å². The lowest BCUT2D eigenvalue weighted by molar-refractivity contribution is 0.627. The Hall–Kier alpha value is -2.88. The zero-order valence-corrected chi connectivity index (χ0v) is 11.2. The number of aromatic nitrogens is 2. The number of H-pyrrole nitrogens is 1. The highest BCUT2D eigenvalue weighted by atomic mass is 19.1. The van der Waals surface area contributed by atoms with Crippen molar-refractivity contribution in [2.75, 3.05) is 0 Å². The molecule has 0 fully saturated rings. The molecule has 1 N–H and O–H groups in total. The van der Waals surface area contributed by atoms with Crippen molar-refractivity contribution in [2.24, 2.45) is 0 Å². The Kier molecular flexibility index (Phi) is 3.28. The summed E-state index contributed by atoms with van der Waals surface area (Å²) in [5, 5.41) is 3.85. The van der Waals surface area contributed by atoms with Crippen molar-refractivity contribution in [3.05, 3.63) is 86.9 Å². The molecule has 0 bridgehead atoms. The van der Waals surface area contributed by atoms with Crippen molar-refractivity contribution < 1.29 is 4.39 Å². The van der Waals surface area contributed by atoms with Gasteiger partial charge in [-0.3, -0.25) is 9.89 Å². The van der Waals surface area contributed by atoms with E-state index < -0.39 is 0 Å². The van der Waals surface area contributed by atoms with E-state index in [2.05, 4.69) is 11.7 Å². The van der Waals surface area contributed by atoms with E-state index >= 15 is 0 Å². The van der Waals surface area contributed by atoms with Crippen LogP contribution in [0.5, 0.6) is 0 Å². The second kappa shape index (κ2) is 5.25. The van der Waals surface area contributed by atoms with Crippen LogP contribution in [0.2, 0.25) is 0 Å². The molecule has 0 saturated carbocycles. The molecule has 0 amide bonds. The predicted molar refractivity (Wildman–Crippen MR) is 81.1 cm³/mol. The molecule has 3 rings (SSSR count). The molecule has 0 saturated heterocycles. The summed E-state index contributed by atoms with van der Waals surface area (Å²) in [6.07, 6.45) is 1.63. The van der Waals surface area contributed by atoms with Crippen LogP contribution in [0.25, 0.3) is 18.3 Å². The number of benzene rings is 2. The van der Waals surface area contributed by atoms with E-state index in [-0.39, 0.29) is 11.4 Å². The molecule has 0 unspecified atom stereocenters. The van der Waals surface area contributed by atoms with E-state index in [1.807, 2.05) is 30.3 Å². The van der Waals surface area contributed by atoms with Crippen molar-refractivity contribution in [1.29, 1.82) is 0 Å². The Morgan fingerprint density at radius 3 is 2.57 bits per heavy atom. The van der Waals surface area contributed by atoms with Crippen LogP contribution in [0.3, 0.4) is 0 Å². The van der Waals surface area contributed by atoms with E-state index in [4.69, 9.17) is 0 Å². The third-order valence-corrected chi connectivity index (χ3v) is 3.18. The van der Waals surface area contributed by atoms with Crippen molar-refractivity contribution in [3.8, 4) is 5.69 Å². The Bertz CT molecular complexity index is 939. The summed E-state index contributed by atoms with van der Waals surface area (Å²) < 4.78 is 14.6. The summed E-state index contributed by atoms with van der Waals surface area (Å²) in [5.41, 5.74) is 1.14. The molecule has 2 aromatic carbocycles. The first-order valence-corrected chi connectivity index (χ1v) is 6.48. The predicted octanol–water partition coefficient (Wildman–Crippen LogP) is 1.54. The number of rotatable bonds is 2. The van der Waals surface area contributed by atoms with Gasteiger partial charge in [-0.2, -0.15) is 0 Å². The van der Waals surface area contributed by atoms with E-state index in [1.54, 1.807) is 18.2 Å². The van der Waals surface area contributed by atoms with Gasteiger partial charge in [0, 0.05) is 0 Å². The molecule has 3 aromatic rings. The molecule has 0 aliphatic carbocycles. The van der Waals surface area contributed by atoms with Crippen molar-refractivity contribution in [2.45, 2.75) is 0 Å². The summed E-state index contributed by atoms with van der Waals surface area (Å²) >= 11 is 0. The molecule has 0 aliphatic rings. The highest BCUT2D eigenvalue weighted by molar-refractivity contribution is 5.49. The maximum Gasteiger partial charge on any atom is 0.279 e. The van der Waals surface area contributed by atoms with Crippen LogP contribution in [0.15, 0.2) is 59.4 Å². The molecule has 0 atom stereocenters. The minimum Gasteiger partial charge on any atom is -0.291 e. The van der Waals surface area contributed by atoms with Gasteiger partial charge in [-0.25, -0.2) is 9.07 Å². The molecular weight excluding hydrogens is 267 g/mol. The Morgan fingerprint density at radius 1 is 1.10 bits per heavy atom. The van der Waals surface area contributed by atoms with Gasteiger partial charge in [-0.15, -0.1) is 0 Å². The molecular formula is C17H13FN2O. The second-order valence-corrected chi connectivity index (χ2v) is 4.68. The molecule has 0 aliphatic heterocycles. The van der Waals surface area contributed by atoms with Crippen LogP contribution in [-0.4, -0.2) is 9.78 Å². The van der Waals surface area contributed by atoms with Gasteiger partial charge in [0.25, 0.3) is 5.56 Å². The molecule has 0 spiro atoms. The standard InChI is InChI=1S/C17H13FN2O/c1-12-16(11-13-6-5-7-14(18)10-13)17(21)20(19-12)15-8-3-2-4-9-15/h2-11,19H,1H2/b16-11-. The number of nitrogens with one attached hydrogen (secondary N) is 1. The summed E-state index contributed by atoms with van der Waals surface area (Å²) in [7, 11) is 0. The minimum absolute atomic E-state index is 0.213. The zero-order valence-electron chi connectivity index (χ0n) is 11.2. The van der Waals surface area contributed by atoms with Gasteiger partial charge in [0.2, 0.25) is 0 Å². The van der Waals surface area contributed by atoms with Crippen LogP contribution in [0, 0.1) is 5.82 Å². The van der Waals surface area contributed by atoms with Crippen LogP contribution >= 0.6 is 0 Å². The van der Waals surface area contributed by atoms with E-state index in [9.17, 15) is 9.18 Å². The number of hydrogen-bond donors (Lipinski definition) is 1. The van der Waals surface area contributed by atoms with Gasteiger partial charge in [0.1, 0.15) is 5.82 Å². The maximum atomic E-state index is 13.2. The van der Waals surface area contributed by atoms with Crippen LogP contribution < -0.4 is 16.1 Å². The first-order valence-electron chi connectivity index (χ1n) is 6.48. The zero-order chi connectivity index (χ0) is 14.8. The molecule has 3 nitrogen and oxygen atoms in total. The fourth-order valence-electron chi connectivity index (χ4n) is 2.17. The first-order chi connectivity index (χ1) is 10.1. The van der Waals surface area contributed by atoms with Crippen LogP contribution in [0.4, 0.5) is 4.39 Å². The topological polar surface area (TPSA) is 37.8 Å². The van der Waals surface area contributed by atoms with E-state index in [0.717, 1.165) is 5.69 Å². The molecule has 104 valence electrons. The monoisotopic (exact) mass is 280 g/mol. The Labute approximate surface area is 120 Å². The maximum absolute atomic E-state index is 13.2. The fraction of sp³-hybridized carbons (Fsp3) is 0. The third-order valence-electron chi connectivity index (χ3n) is 3.18. The Morgan fingerprint density at radius 2 is 1.86 bits per heavy atom. The summed E-state index contributed by atoms with van der Waals surface area (Å²) in [4.78, 5) is 12.4. The fourth-order valence-corrected chi connectivity index (χ4v) is 2.17. The average Bonchev–Trinajstić information content (AvgIpc) is 2.76. The number of aromatic amines is 1. The second-order valence-electron chi connectivity index (χ2n) is 4.68. The first kappa shape index (κ1) is 13.1. The molecule has 21 heavy (non-hydrogen) atoms. The average molecular weight is 280 g/mol. The number of nitrogens with zero attached hydrogens (tertiary/aromatic N) is 1. The van der Waals surface area contributed by atoms with Gasteiger partial charge in [0.15, 0.2) is 0 Å². The van der Waals surface area contributed by atoms with Crippen molar-refractivity contribution >= 4 is 12.7 Å². The number of hydrogen-bond acceptors (Lipinski definition) is 1. The minimum atomic E-state index is -0.340. The lowest BCUT2D eigenvalue weighted by Gasteiger charge is -1.98. The highest BCUT2D eigenvalue weighted by Crippen LogP contribution is 2.03. The van der Waals surface area contributed by atoms with Crippen LogP contribution in [0.1, 0.15) is 5.56 Å². The lowest BCUT2D eigenvalue weighted by atomic mass is 10.2. The largest absolute Gasteiger partial charge is 0.291 e. The molecule has 1 heterocycles. The highest BCUT2D eigenvalue weighted by Gasteiger charge is 2.04.